The summed E-state index contributed by atoms with van der Waals surface area (Å²) >= 11 is 1.33. The zero-order valence-electron chi connectivity index (χ0n) is 18.9. The summed E-state index contributed by atoms with van der Waals surface area (Å²) in [5, 5.41) is 3.93. The van der Waals surface area contributed by atoms with Crippen LogP contribution in [-0.2, 0) is 4.79 Å². The number of H-pyrrole nitrogens is 1. The smallest absolute Gasteiger partial charge is 0.268 e. The Morgan fingerprint density at radius 2 is 1.88 bits per heavy atom. The van der Waals surface area contributed by atoms with E-state index in [9.17, 15) is 14.4 Å². The van der Waals surface area contributed by atoms with E-state index in [1.165, 1.54) is 11.3 Å². The minimum atomic E-state index is -0.679. The van der Waals surface area contributed by atoms with E-state index in [-0.39, 0.29) is 29.8 Å². The summed E-state index contributed by atoms with van der Waals surface area (Å²) in [6.45, 7) is 6.86. The number of rotatable bonds is 4. The molecule has 4 heterocycles. The van der Waals surface area contributed by atoms with E-state index in [4.69, 9.17) is 0 Å². The van der Waals surface area contributed by atoms with E-state index >= 15 is 0 Å². The predicted octanol–water partition coefficient (Wildman–Crippen LogP) is 2.89. The van der Waals surface area contributed by atoms with Crippen molar-refractivity contribution in [2.75, 3.05) is 13.1 Å². The van der Waals surface area contributed by atoms with Crippen molar-refractivity contribution in [3.63, 3.8) is 0 Å². The van der Waals surface area contributed by atoms with Gasteiger partial charge in [-0.1, -0.05) is 39.0 Å². The number of nitrogens with one attached hydrogen (secondary N) is 2. The van der Waals surface area contributed by atoms with Gasteiger partial charge in [-0.2, -0.15) is 0 Å². The van der Waals surface area contributed by atoms with Crippen LogP contribution in [0.4, 0.5) is 0 Å². The summed E-state index contributed by atoms with van der Waals surface area (Å²) in [5.41, 5.74) is 2.49. The number of aromatic nitrogens is 2. The molecule has 3 amide bonds. The maximum absolute atomic E-state index is 13.6. The van der Waals surface area contributed by atoms with Gasteiger partial charge in [-0.25, -0.2) is 0 Å². The minimum absolute atomic E-state index is 0.00132. The van der Waals surface area contributed by atoms with Crippen LogP contribution in [0, 0.1) is 5.41 Å². The maximum atomic E-state index is 13.6. The monoisotopic (exact) mass is 465 g/mol. The quantitative estimate of drug-likeness (QED) is 0.619. The first kappa shape index (κ1) is 21.6. The van der Waals surface area contributed by atoms with Gasteiger partial charge in [0, 0.05) is 24.0 Å². The van der Waals surface area contributed by atoms with Gasteiger partial charge in [0.1, 0.15) is 16.6 Å². The van der Waals surface area contributed by atoms with E-state index in [2.05, 4.69) is 15.3 Å². The normalized spacial score (nSPS) is 20.9. The Hall–Kier alpha value is -3.20. The number of amides is 3. The Morgan fingerprint density at radius 3 is 2.52 bits per heavy atom. The highest BCUT2D eigenvalue weighted by Crippen LogP contribution is 2.34. The highest BCUT2D eigenvalue weighted by atomic mass is 32.1. The number of carbonyl (C=O) groups is 3. The summed E-state index contributed by atoms with van der Waals surface area (Å²) < 4.78 is 0. The van der Waals surface area contributed by atoms with Crippen LogP contribution in [0.25, 0.3) is 10.9 Å². The van der Waals surface area contributed by atoms with Crippen LogP contribution >= 0.6 is 11.3 Å². The first-order valence-corrected chi connectivity index (χ1v) is 12.0. The summed E-state index contributed by atoms with van der Waals surface area (Å²) in [6.07, 6.45) is 2.36. The molecule has 0 unspecified atom stereocenters. The largest absolute Gasteiger partial charge is 0.351 e. The Labute approximate surface area is 196 Å². The number of hydrogen-bond acceptors (Lipinski definition) is 5. The second kappa shape index (κ2) is 7.98. The first-order valence-electron chi connectivity index (χ1n) is 11.1. The fourth-order valence-corrected chi connectivity index (χ4v) is 5.44. The number of nitrogens with zero attached hydrogens (tertiary/aromatic N) is 3. The molecule has 172 valence electrons. The summed E-state index contributed by atoms with van der Waals surface area (Å²) in [5.74, 6) is -0.410. The Bertz CT molecular complexity index is 1180. The molecular formula is C24H27N5O3S. The molecule has 2 bridgehead atoms. The van der Waals surface area contributed by atoms with Crippen molar-refractivity contribution in [3.05, 3.63) is 52.6 Å². The van der Waals surface area contributed by atoms with Gasteiger partial charge >= 0.3 is 0 Å². The molecule has 2 fully saturated rings. The van der Waals surface area contributed by atoms with Gasteiger partial charge < -0.3 is 20.1 Å². The van der Waals surface area contributed by atoms with Gasteiger partial charge in [0.25, 0.3) is 11.8 Å². The summed E-state index contributed by atoms with van der Waals surface area (Å²) in [4.78, 5) is 50.9. The highest BCUT2D eigenvalue weighted by Gasteiger charge is 2.50. The Morgan fingerprint density at radius 1 is 1.15 bits per heavy atom. The Kier molecular flexibility index (Phi) is 5.23. The topological polar surface area (TPSA) is 98.4 Å². The number of fused-ring (bicyclic) bond motifs is 3. The van der Waals surface area contributed by atoms with E-state index in [0.717, 1.165) is 17.3 Å². The van der Waals surface area contributed by atoms with Crippen molar-refractivity contribution in [1.82, 2.24) is 25.1 Å². The number of thiazole rings is 1. The number of aromatic amines is 1. The molecule has 3 aromatic rings. The average molecular weight is 466 g/mol. The van der Waals surface area contributed by atoms with Gasteiger partial charge in [0.2, 0.25) is 5.91 Å². The standard InChI is InChI=1S/C24H27N5O3S/c1-24(2,3)20(27-21(30)18-8-14-6-4-5-7-17(14)26-18)23(32)29-12-15-9-16(29)11-28(15)22(31)19-10-25-13-33-19/h4-8,10,13,15-16,20,26H,9,11-12H2,1-3H3,(H,27,30)/t15-,16-,20+/m0/s1. The van der Waals surface area contributed by atoms with E-state index in [0.29, 0.717) is 23.7 Å². The maximum Gasteiger partial charge on any atom is 0.268 e. The number of para-hydroxylation sites is 1. The van der Waals surface area contributed by atoms with Gasteiger partial charge in [0.05, 0.1) is 23.8 Å². The SMILES string of the molecule is CC(C)(C)[C@H](NC(=O)c1cc2ccccc2[nH]1)C(=O)N1C[C@@H]2C[C@H]1CN2C(=O)c1cncs1. The molecule has 2 aromatic heterocycles. The predicted molar refractivity (Wildman–Crippen MR) is 126 cm³/mol. The molecule has 9 heteroatoms. The third-order valence-corrected chi connectivity index (χ3v) is 7.35. The lowest BCUT2D eigenvalue weighted by Gasteiger charge is -2.39. The van der Waals surface area contributed by atoms with Crippen LogP contribution in [0.5, 0.6) is 0 Å². The zero-order chi connectivity index (χ0) is 23.3. The van der Waals surface area contributed by atoms with Crippen LogP contribution in [0.15, 0.2) is 42.0 Å². The number of carbonyl (C=O) groups excluding carboxylic acids is 3. The molecule has 33 heavy (non-hydrogen) atoms. The fraction of sp³-hybridized carbons (Fsp3) is 0.417. The molecule has 8 nitrogen and oxygen atoms in total. The number of hydrogen-bond donors (Lipinski definition) is 2. The van der Waals surface area contributed by atoms with Crippen molar-refractivity contribution in [2.24, 2.45) is 5.41 Å². The van der Waals surface area contributed by atoms with Crippen LogP contribution in [-0.4, -0.2) is 68.7 Å². The molecule has 2 N–H and O–H groups in total. The zero-order valence-corrected chi connectivity index (χ0v) is 19.7. The van der Waals surface area contributed by atoms with Gasteiger partial charge in [-0.3, -0.25) is 19.4 Å². The van der Waals surface area contributed by atoms with Crippen LogP contribution in [0.1, 0.15) is 47.4 Å². The number of piperazine rings is 1. The highest BCUT2D eigenvalue weighted by molar-refractivity contribution is 7.11. The minimum Gasteiger partial charge on any atom is -0.351 e. The van der Waals surface area contributed by atoms with Crippen LogP contribution in [0.3, 0.4) is 0 Å². The first-order chi connectivity index (χ1) is 15.7. The molecule has 1 aromatic carbocycles. The summed E-state index contributed by atoms with van der Waals surface area (Å²) in [7, 11) is 0. The summed E-state index contributed by atoms with van der Waals surface area (Å²) in [6, 6.07) is 8.77. The Balaban J connectivity index is 1.30. The van der Waals surface area contributed by atoms with Crippen molar-refractivity contribution in [1.29, 1.82) is 0 Å². The molecule has 0 saturated carbocycles. The molecule has 3 atom stereocenters. The van der Waals surface area contributed by atoms with E-state index < -0.39 is 11.5 Å². The third-order valence-electron chi connectivity index (χ3n) is 6.59. The molecule has 2 aliphatic rings. The average Bonchev–Trinajstić information content (AvgIpc) is 3.57. The lowest BCUT2D eigenvalue weighted by Crippen LogP contribution is -2.59. The fourth-order valence-electron chi connectivity index (χ4n) is 4.87. The lowest BCUT2D eigenvalue weighted by molar-refractivity contribution is -0.138. The molecule has 0 spiro atoms. The van der Waals surface area contributed by atoms with Crippen molar-refractivity contribution >= 4 is 40.0 Å². The lowest BCUT2D eigenvalue weighted by atomic mass is 9.85. The molecular weight excluding hydrogens is 438 g/mol. The number of likely N-dealkylation sites (tertiary alicyclic amines) is 2. The molecule has 0 radical (unpaired) electrons. The number of benzene rings is 1. The van der Waals surface area contributed by atoms with E-state index in [1.54, 1.807) is 17.8 Å². The molecule has 0 aliphatic carbocycles. The van der Waals surface area contributed by atoms with Crippen molar-refractivity contribution in [3.8, 4) is 0 Å². The van der Waals surface area contributed by atoms with Crippen LogP contribution < -0.4 is 5.32 Å². The molecule has 5 rings (SSSR count). The molecule has 2 saturated heterocycles. The second-order valence-corrected chi connectivity index (χ2v) is 10.8. The third kappa shape index (κ3) is 3.90. The van der Waals surface area contributed by atoms with E-state index in [1.807, 2.05) is 54.8 Å². The molecule has 2 aliphatic heterocycles. The van der Waals surface area contributed by atoms with Crippen LogP contribution in [0.2, 0.25) is 0 Å². The van der Waals surface area contributed by atoms with Crippen molar-refractivity contribution < 1.29 is 14.4 Å². The van der Waals surface area contributed by atoms with Gasteiger partial charge in [0.15, 0.2) is 0 Å². The second-order valence-electron chi connectivity index (χ2n) is 9.90. The van der Waals surface area contributed by atoms with Crippen molar-refractivity contribution in [2.45, 2.75) is 45.3 Å². The van der Waals surface area contributed by atoms with Gasteiger partial charge in [-0.15, -0.1) is 11.3 Å². The van der Waals surface area contributed by atoms with Gasteiger partial charge in [-0.05, 0) is 24.0 Å².